The van der Waals surface area contributed by atoms with Crippen molar-refractivity contribution < 1.29 is 14.7 Å². The van der Waals surface area contributed by atoms with E-state index in [1.54, 1.807) is 12.3 Å². The van der Waals surface area contributed by atoms with Gasteiger partial charge >= 0.3 is 5.97 Å². The summed E-state index contributed by atoms with van der Waals surface area (Å²) in [5.74, 6) is -1.23. The number of carbonyl (C=O) groups is 2. The van der Waals surface area contributed by atoms with Gasteiger partial charge in [0, 0.05) is 23.7 Å². The predicted molar refractivity (Wildman–Crippen MR) is 61.1 cm³/mol. The van der Waals surface area contributed by atoms with E-state index in [0.717, 1.165) is 9.88 Å². The minimum atomic E-state index is -0.928. The van der Waals surface area contributed by atoms with Crippen molar-refractivity contribution in [1.29, 1.82) is 0 Å². The zero-order valence-corrected chi connectivity index (χ0v) is 9.58. The van der Waals surface area contributed by atoms with Crippen LogP contribution in [0.25, 0.3) is 6.08 Å². The van der Waals surface area contributed by atoms with Crippen molar-refractivity contribution in [3.8, 4) is 0 Å². The van der Waals surface area contributed by atoms with Gasteiger partial charge in [0.15, 0.2) is 0 Å². The number of hydrogen-bond donors (Lipinski definition) is 2. The van der Waals surface area contributed by atoms with Gasteiger partial charge in [-0.15, -0.1) is 11.3 Å². The first kappa shape index (κ1) is 12.4. The van der Waals surface area contributed by atoms with Gasteiger partial charge in [0.1, 0.15) is 0 Å². The Hall–Kier alpha value is -1.69. The second kappa shape index (κ2) is 6.02. The molecule has 0 spiro atoms. The molecule has 0 aliphatic carbocycles. The molecule has 1 amide bonds. The number of nitrogens with one attached hydrogen (secondary N) is 1. The molecule has 0 unspecified atom stereocenters. The van der Waals surface area contributed by atoms with Crippen molar-refractivity contribution in [3.05, 3.63) is 22.2 Å². The number of carboxylic acid groups (broad SMARTS) is 1. The summed E-state index contributed by atoms with van der Waals surface area (Å²) >= 11 is 1.49. The van der Waals surface area contributed by atoms with Crippen molar-refractivity contribution in [3.63, 3.8) is 0 Å². The second-order valence-corrected chi connectivity index (χ2v) is 4.32. The maximum atomic E-state index is 11.2. The summed E-state index contributed by atoms with van der Waals surface area (Å²) < 4.78 is 0. The SMILES string of the molecule is Cc1ncc(/C=C/C(=O)NCCC(=O)O)s1. The van der Waals surface area contributed by atoms with Gasteiger partial charge in [-0.2, -0.15) is 0 Å². The molecular weight excluding hydrogens is 228 g/mol. The summed E-state index contributed by atoms with van der Waals surface area (Å²) in [5.41, 5.74) is 0. The molecule has 0 radical (unpaired) electrons. The predicted octanol–water partition coefficient (Wildman–Crippen LogP) is 1.06. The van der Waals surface area contributed by atoms with E-state index in [1.165, 1.54) is 17.4 Å². The first-order chi connectivity index (χ1) is 7.58. The van der Waals surface area contributed by atoms with Gasteiger partial charge in [0.2, 0.25) is 5.91 Å². The first-order valence-corrected chi connectivity index (χ1v) is 5.49. The zero-order chi connectivity index (χ0) is 12.0. The fraction of sp³-hybridized carbons (Fsp3) is 0.300. The maximum absolute atomic E-state index is 11.2. The van der Waals surface area contributed by atoms with Crippen LogP contribution in [-0.4, -0.2) is 28.5 Å². The van der Waals surface area contributed by atoms with Gasteiger partial charge in [0.25, 0.3) is 0 Å². The number of nitrogens with zero attached hydrogens (tertiary/aromatic N) is 1. The van der Waals surface area contributed by atoms with Crippen LogP contribution in [0.3, 0.4) is 0 Å². The molecule has 5 nitrogen and oxygen atoms in total. The van der Waals surface area contributed by atoms with Crippen LogP contribution in [0.1, 0.15) is 16.3 Å². The van der Waals surface area contributed by atoms with E-state index in [2.05, 4.69) is 10.3 Å². The molecule has 1 heterocycles. The fourth-order valence-corrected chi connectivity index (χ4v) is 1.65. The molecule has 86 valence electrons. The van der Waals surface area contributed by atoms with E-state index in [1.807, 2.05) is 6.92 Å². The van der Waals surface area contributed by atoms with Gasteiger partial charge in [-0.25, -0.2) is 4.98 Å². The highest BCUT2D eigenvalue weighted by Crippen LogP contribution is 2.12. The molecule has 1 aromatic rings. The third-order valence-electron chi connectivity index (χ3n) is 1.68. The first-order valence-electron chi connectivity index (χ1n) is 4.68. The lowest BCUT2D eigenvalue weighted by Gasteiger charge is -1.97. The standard InChI is InChI=1S/C10H12N2O3S/c1-7-12-6-8(16-7)2-3-9(13)11-5-4-10(14)15/h2-3,6H,4-5H2,1H3,(H,11,13)(H,14,15)/b3-2+. The highest BCUT2D eigenvalue weighted by Gasteiger charge is 1.99. The molecule has 0 bridgehead atoms. The number of amides is 1. The minimum Gasteiger partial charge on any atom is -0.481 e. The summed E-state index contributed by atoms with van der Waals surface area (Å²) in [7, 11) is 0. The molecule has 2 N–H and O–H groups in total. The lowest BCUT2D eigenvalue weighted by Crippen LogP contribution is -2.23. The lowest BCUT2D eigenvalue weighted by atomic mass is 10.4. The van der Waals surface area contributed by atoms with Crippen LogP contribution in [0.15, 0.2) is 12.3 Å². The lowest BCUT2D eigenvalue weighted by molar-refractivity contribution is -0.136. The molecule has 0 aromatic carbocycles. The van der Waals surface area contributed by atoms with E-state index in [0.29, 0.717) is 0 Å². The van der Waals surface area contributed by atoms with Crippen LogP contribution in [-0.2, 0) is 9.59 Å². The molecule has 6 heteroatoms. The Morgan fingerprint density at radius 1 is 1.62 bits per heavy atom. The number of aryl methyl sites for hydroxylation is 1. The average molecular weight is 240 g/mol. The number of rotatable bonds is 5. The molecule has 0 aliphatic heterocycles. The molecule has 1 aromatic heterocycles. The van der Waals surface area contributed by atoms with Crippen molar-refractivity contribution in [1.82, 2.24) is 10.3 Å². The van der Waals surface area contributed by atoms with Crippen LogP contribution >= 0.6 is 11.3 Å². The van der Waals surface area contributed by atoms with Crippen molar-refractivity contribution in [2.75, 3.05) is 6.54 Å². The molecule has 0 aliphatic rings. The largest absolute Gasteiger partial charge is 0.481 e. The highest BCUT2D eigenvalue weighted by molar-refractivity contribution is 7.12. The van der Waals surface area contributed by atoms with Gasteiger partial charge in [-0.1, -0.05) is 0 Å². The van der Waals surface area contributed by atoms with Crippen LogP contribution < -0.4 is 5.32 Å². The van der Waals surface area contributed by atoms with E-state index in [-0.39, 0.29) is 18.9 Å². The molecule has 1 rings (SSSR count). The summed E-state index contributed by atoms with van der Waals surface area (Å²) in [4.78, 5) is 26.3. The molecule has 0 saturated heterocycles. The van der Waals surface area contributed by atoms with Gasteiger partial charge in [-0.3, -0.25) is 9.59 Å². The third kappa shape index (κ3) is 4.70. The van der Waals surface area contributed by atoms with Crippen LogP contribution in [0.4, 0.5) is 0 Å². The van der Waals surface area contributed by atoms with Crippen molar-refractivity contribution >= 4 is 29.3 Å². The van der Waals surface area contributed by atoms with Crippen LogP contribution in [0, 0.1) is 6.92 Å². The Bertz CT molecular complexity index is 412. The summed E-state index contributed by atoms with van der Waals surface area (Å²) in [6.45, 7) is 2.02. The number of carbonyl (C=O) groups excluding carboxylic acids is 1. The number of thiazole rings is 1. The minimum absolute atomic E-state index is 0.0702. The van der Waals surface area contributed by atoms with E-state index < -0.39 is 5.97 Å². The molecule has 16 heavy (non-hydrogen) atoms. The second-order valence-electron chi connectivity index (χ2n) is 3.05. The van der Waals surface area contributed by atoms with Crippen LogP contribution in [0.5, 0.6) is 0 Å². The van der Waals surface area contributed by atoms with Crippen LogP contribution in [0.2, 0.25) is 0 Å². The quantitative estimate of drug-likeness (QED) is 0.754. The smallest absolute Gasteiger partial charge is 0.305 e. The number of carboxylic acids is 1. The molecule has 0 fully saturated rings. The zero-order valence-electron chi connectivity index (χ0n) is 8.77. The number of hydrogen-bond acceptors (Lipinski definition) is 4. The number of aromatic nitrogens is 1. The molecule has 0 atom stereocenters. The topological polar surface area (TPSA) is 79.3 Å². The highest BCUT2D eigenvalue weighted by atomic mass is 32.1. The van der Waals surface area contributed by atoms with Gasteiger partial charge < -0.3 is 10.4 Å². The van der Waals surface area contributed by atoms with Crippen molar-refractivity contribution in [2.24, 2.45) is 0 Å². The van der Waals surface area contributed by atoms with E-state index in [9.17, 15) is 9.59 Å². The third-order valence-corrected chi connectivity index (χ3v) is 2.55. The summed E-state index contributed by atoms with van der Waals surface area (Å²) in [5, 5.41) is 11.8. The summed E-state index contributed by atoms with van der Waals surface area (Å²) in [6, 6.07) is 0. The average Bonchev–Trinajstić information content (AvgIpc) is 2.61. The monoisotopic (exact) mass is 240 g/mol. The Labute approximate surface area is 96.8 Å². The molecule has 0 saturated carbocycles. The Kier molecular flexibility index (Phi) is 4.65. The van der Waals surface area contributed by atoms with Crippen molar-refractivity contribution in [2.45, 2.75) is 13.3 Å². The normalized spacial score (nSPS) is 10.6. The van der Waals surface area contributed by atoms with E-state index in [4.69, 9.17) is 5.11 Å². The molecular formula is C10H12N2O3S. The Morgan fingerprint density at radius 2 is 2.38 bits per heavy atom. The Balaban J connectivity index is 2.34. The number of aliphatic carboxylic acids is 1. The Morgan fingerprint density at radius 3 is 2.94 bits per heavy atom. The summed E-state index contributed by atoms with van der Waals surface area (Å²) in [6.07, 6.45) is 4.63. The van der Waals surface area contributed by atoms with Gasteiger partial charge in [0.05, 0.1) is 11.4 Å². The fourth-order valence-electron chi connectivity index (χ4n) is 0.964. The van der Waals surface area contributed by atoms with E-state index >= 15 is 0 Å². The maximum Gasteiger partial charge on any atom is 0.305 e. The van der Waals surface area contributed by atoms with Gasteiger partial charge in [-0.05, 0) is 13.0 Å².